The predicted molar refractivity (Wildman–Crippen MR) is 79.6 cm³/mol. The SMILES string of the molecule is CCCCCCN(CCCC)CCCCCC. The van der Waals surface area contributed by atoms with Crippen LogP contribution in [0.15, 0.2) is 0 Å². The Balaban J connectivity index is 3.56. The Labute approximate surface area is 110 Å². The van der Waals surface area contributed by atoms with Gasteiger partial charge >= 0.3 is 0 Å². The summed E-state index contributed by atoms with van der Waals surface area (Å²) in [5.41, 5.74) is 0. The van der Waals surface area contributed by atoms with Gasteiger partial charge in [-0.25, -0.2) is 0 Å². The molecule has 0 aromatic heterocycles. The van der Waals surface area contributed by atoms with Crippen LogP contribution in [-0.4, -0.2) is 24.5 Å². The van der Waals surface area contributed by atoms with Crippen molar-refractivity contribution in [2.75, 3.05) is 19.6 Å². The summed E-state index contributed by atoms with van der Waals surface area (Å²) in [7, 11) is 0. The highest BCUT2D eigenvalue weighted by molar-refractivity contribution is 4.59. The van der Waals surface area contributed by atoms with Gasteiger partial charge in [0.1, 0.15) is 0 Å². The van der Waals surface area contributed by atoms with Gasteiger partial charge in [-0.15, -0.1) is 0 Å². The third kappa shape index (κ3) is 12.2. The highest BCUT2D eigenvalue weighted by Gasteiger charge is 2.03. The molecule has 0 saturated carbocycles. The summed E-state index contributed by atoms with van der Waals surface area (Å²) in [6.45, 7) is 10.9. The molecule has 0 amide bonds. The molecule has 0 fully saturated rings. The molecular formula is C16H35N. The van der Waals surface area contributed by atoms with Crippen LogP contribution in [0.4, 0.5) is 0 Å². The lowest BCUT2D eigenvalue weighted by atomic mass is 10.1. The van der Waals surface area contributed by atoms with Crippen molar-refractivity contribution in [2.24, 2.45) is 0 Å². The van der Waals surface area contributed by atoms with Crippen molar-refractivity contribution in [3.8, 4) is 0 Å². The molecule has 17 heavy (non-hydrogen) atoms. The van der Waals surface area contributed by atoms with E-state index in [0.29, 0.717) is 0 Å². The van der Waals surface area contributed by atoms with E-state index in [1.54, 1.807) is 0 Å². The normalized spacial score (nSPS) is 11.3. The maximum Gasteiger partial charge on any atom is -0.00187 e. The van der Waals surface area contributed by atoms with E-state index in [-0.39, 0.29) is 0 Å². The van der Waals surface area contributed by atoms with Crippen molar-refractivity contribution in [3.63, 3.8) is 0 Å². The van der Waals surface area contributed by atoms with E-state index in [9.17, 15) is 0 Å². The lowest BCUT2D eigenvalue weighted by molar-refractivity contribution is 0.257. The summed E-state index contributed by atoms with van der Waals surface area (Å²) >= 11 is 0. The smallest absolute Gasteiger partial charge is 0.00187 e. The number of nitrogens with zero attached hydrogens (tertiary/aromatic N) is 1. The Kier molecular flexibility index (Phi) is 14.0. The summed E-state index contributed by atoms with van der Waals surface area (Å²) < 4.78 is 0. The van der Waals surface area contributed by atoms with Gasteiger partial charge in [-0.1, -0.05) is 65.7 Å². The molecule has 0 unspecified atom stereocenters. The molecule has 0 aromatic carbocycles. The molecule has 0 heterocycles. The predicted octanol–water partition coefficient (Wildman–Crippen LogP) is 5.25. The van der Waals surface area contributed by atoms with Crippen LogP contribution in [0.2, 0.25) is 0 Å². The summed E-state index contributed by atoms with van der Waals surface area (Å²) in [4.78, 5) is 2.70. The minimum Gasteiger partial charge on any atom is -0.303 e. The minimum absolute atomic E-state index is 1.33. The average Bonchev–Trinajstić information content (AvgIpc) is 2.35. The first-order chi connectivity index (χ1) is 8.35. The third-order valence-electron chi connectivity index (χ3n) is 3.48. The quantitative estimate of drug-likeness (QED) is 0.398. The zero-order chi connectivity index (χ0) is 12.8. The summed E-state index contributed by atoms with van der Waals surface area (Å²) in [6.07, 6.45) is 13.9. The third-order valence-corrected chi connectivity index (χ3v) is 3.48. The van der Waals surface area contributed by atoms with E-state index >= 15 is 0 Å². The Morgan fingerprint density at radius 1 is 0.471 bits per heavy atom. The fourth-order valence-corrected chi connectivity index (χ4v) is 2.24. The van der Waals surface area contributed by atoms with Crippen LogP contribution >= 0.6 is 0 Å². The zero-order valence-corrected chi connectivity index (χ0v) is 12.6. The van der Waals surface area contributed by atoms with Gasteiger partial charge in [0.25, 0.3) is 0 Å². The number of unbranched alkanes of at least 4 members (excludes halogenated alkanes) is 7. The van der Waals surface area contributed by atoms with Crippen LogP contribution in [0.25, 0.3) is 0 Å². The molecule has 0 aliphatic carbocycles. The second kappa shape index (κ2) is 14.0. The van der Waals surface area contributed by atoms with Crippen molar-refractivity contribution >= 4 is 0 Å². The van der Waals surface area contributed by atoms with Gasteiger partial charge in [-0.3, -0.25) is 0 Å². The molecule has 0 aliphatic rings. The standard InChI is InChI=1S/C16H35N/c1-4-7-10-12-15-17(14-9-6-3)16-13-11-8-5-2/h4-16H2,1-3H3. The average molecular weight is 241 g/mol. The van der Waals surface area contributed by atoms with Crippen LogP contribution in [0, 0.1) is 0 Å². The Bertz CT molecular complexity index is 121. The molecule has 0 bridgehead atoms. The summed E-state index contributed by atoms with van der Waals surface area (Å²) in [6, 6.07) is 0. The van der Waals surface area contributed by atoms with Crippen molar-refractivity contribution in [2.45, 2.75) is 85.0 Å². The van der Waals surface area contributed by atoms with E-state index in [1.807, 2.05) is 0 Å². The van der Waals surface area contributed by atoms with Gasteiger partial charge in [0.15, 0.2) is 0 Å². The van der Waals surface area contributed by atoms with E-state index in [1.165, 1.54) is 83.8 Å². The first-order valence-corrected chi connectivity index (χ1v) is 8.07. The lowest BCUT2D eigenvalue weighted by Crippen LogP contribution is -2.27. The summed E-state index contributed by atoms with van der Waals surface area (Å²) in [5.74, 6) is 0. The van der Waals surface area contributed by atoms with Gasteiger partial charge in [0.05, 0.1) is 0 Å². The second-order valence-electron chi connectivity index (χ2n) is 5.32. The van der Waals surface area contributed by atoms with Gasteiger partial charge in [0, 0.05) is 0 Å². The maximum atomic E-state index is 2.70. The molecule has 0 aliphatic heterocycles. The topological polar surface area (TPSA) is 3.24 Å². The first kappa shape index (κ1) is 17.0. The fraction of sp³-hybridized carbons (Fsp3) is 1.00. The highest BCUT2D eigenvalue weighted by Crippen LogP contribution is 2.06. The molecule has 0 spiro atoms. The zero-order valence-electron chi connectivity index (χ0n) is 12.6. The molecular weight excluding hydrogens is 206 g/mol. The van der Waals surface area contributed by atoms with Gasteiger partial charge in [0.2, 0.25) is 0 Å². The Hall–Kier alpha value is -0.0400. The van der Waals surface area contributed by atoms with Gasteiger partial charge < -0.3 is 4.90 Å². The van der Waals surface area contributed by atoms with Gasteiger partial charge in [-0.05, 0) is 38.9 Å². The summed E-state index contributed by atoms with van der Waals surface area (Å²) in [5, 5.41) is 0. The number of hydrogen-bond acceptors (Lipinski definition) is 1. The molecule has 0 N–H and O–H groups in total. The molecule has 104 valence electrons. The first-order valence-electron chi connectivity index (χ1n) is 8.07. The second-order valence-corrected chi connectivity index (χ2v) is 5.32. The maximum absolute atomic E-state index is 2.70. The molecule has 1 heteroatoms. The lowest BCUT2D eigenvalue weighted by Gasteiger charge is -2.22. The van der Waals surface area contributed by atoms with Crippen LogP contribution in [-0.2, 0) is 0 Å². The fourth-order valence-electron chi connectivity index (χ4n) is 2.24. The molecule has 0 aromatic rings. The highest BCUT2D eigenvalue weighted by atomic mass is 15.1. The van der Waals surface area contributed by atoms with Crippen LogP contribution in [0.3, 0.4) is 0 Å². The Morgan fingerprint density at radius 2 is 0.882 bits per heavy atom. The van der Waals surface area contributed by atoms with Crippen LogP contribution in [0.1, 0.15) is 85.0 Å². The molecule has 0 atom stereocenters. The minimum atomic E-state index is 1.33. The van der Waals surface area contributed by atoms with E-state index in [2.05, 4.69) is 25.7 Å². The van der Waals surface area contributed by atoms with Crippen molar-refractivity contribution in [1.82, 2.24) is 4.90 Å². The largest absolute Gasteiger partial charge is 0.303 e. The van der Waals surface area contributed by atoms with E-state index < -0.39 is 0 Å². The monoisotopic (exact) mass is 241 g/mol. The van der Waals surface area contributed by atoms with Crippen LogP contribution < -0.4 is 0 Å². The van der Waals surface area contributed by atoms with Crippen molar-refractivity contribution in [1.29, 1.82) is 0 Å². The van der Waals surface area contributed by atoms with Crippen molar-refractivity contribution < 1.29 is 0 Å². The number of hydrogen-bond donors (Lipinski definition) is 0. The van der Waals surface area contributed by atoms with E-state index in [0.717, 1.165) is 0 Å². The van der Waals surface area contributed by atoms with Gasteiger partial charge in [-0.2, -0.15) is 0 Å². The van der Waals surface area contributed by atoms with E-state index in [4.69, 9.17) is 0 Å². The number of rotatable bonds is 13. The Morgan fingerprint density at radius 3 is 1.29 bits per heavy atom. The van der Waals surface area contributed by atoms with Crippen molar-refractivity contribution in [3.05, 3.63) is 0 Å². The molecule has 1 nitrogen and oxygen atoms in total. The molecule has 0 radical (unpaired) electrons. The van der Waals surface area contributed by atoms with Crippen LogP contribution in [0.5, 0.6) is 0 Å². The molecule has 0 saturated heterocycles. The molecule has 0 rings (SSSR count).